The summed E-state index contributed by atoms with van der Waals surface area (Å²) in [6.07, 6.45) is 8.25. The number of ketones is 1. The van der Waals surface area contributed by atoms with Gasteiger partial charge in [-0.25, -0.2) is 18.1 Å². The Hall–Kier alpha value is -4.31. The van der Waals surface area contributed by atoms with Crippen LogP contribution in [0.25, 0.3) is 0 Å². The highest BCUT2D eigenvalue weighted by molar-refractivity contribution is 7.81. The molecule has 2 unspecified atom stereocenters. The maximum absolute atomic E-state index is 15.1. The summed E-state index contributed by atoms with van der Waals surface area (Å²) in [6.45, 7) is 12.6. The van der Waals surface area contributed by atoms with E-state index in [0.29, 0.717) is 38.9 Å². The van der Waals surface area contributed by atoms with Crippen molar-refractivity contribution in [2.45, 2.75) is 129 Å². The van der Waals surface area contributed by atoms with Gasteiger partial charge in [0.25, 0.3) is 5.91 Å². The van der Waals surface area contributed by atoms with Gasteiger partial charge >= 0.3 is 12.1 Å². The first-order chi connectivity index (χ1) is 27.9. The number of nitrogens with one attached hydrogen (secondary N) is 4. The molecule has 0 radical (unpaired) electrons. The van der Waals surface area contributed by atoms with Crippen LogP contribution in [0.3, 0.4) is 0 Å². The molecule has 1 aromatic carbocycles. The molecule has 59 heavy (non-hydrogen) atoms. The Balaban J connectivity index is 1.42. The largest absolute Gasteiger partial charge is 0.444 e. The Kier molecular flexibility index (Phi) is 15.4. The van der Waals surface area contributed by atoms with Crippen molar-refractivity contribution in [3.63, 3.8) is 0 Å². The van der Waals surface area contributed by atoms with Crippen LogP contribution in [0, 0.1) is 16.7 Å². The van der Waals surface area contributed by atoms with E-state index in [-0.39, 0.29) is 31.8 Å². The van der Waals surface area contributed by atoms with E-state index in [1.807, 2.05) is 52.0 Å². The van der Waals surface area contributed by atoms with Crippen molar-refractivity contribution in [2.75, 3.05) is 39.5 Å². The fourth-order valence-electron chi connectivity index (χ4n) is 8.42. The number of carbonyl (C=O) groups is 6. The summed E-state index contributed by atoms with van der Waals surface area (Å²) in [5.41, 5.74) is 1.09. The number of nitrogens with zero attached hydrogens (tertiary/aromatic N) is 3. The van der Waals surface area contributed by atoms with Gasteiger partial charge in [-0.05, 0) is 60.6 Å². The van der Waals surface area contributed by atoms with Crippen LogP contribution in [0.5, 0.6) is 0 Å². The van der Waals surface area contributed by atoms with Gasteiger partial charge in [-0.1, -0.05) is 90.1 Å². The lowest BCUT2D eigenvalue weighted by Gasteiger charge is -2.43. The van der Waals surface area contributed by atoms with Gasteiger partial charge in [0.2, 0.25) is 17.6 Å². The molecule has 4 aliphatic rings. The summed E-state index contributed by atoms with van der Waals surface area (Å²) in [5, 5.41) is 11.4. The third kappa shape index (κ3) is 12.1. The van der Waals surface area contributed by atoms with Crippen LogP contribution in [-0.2, 0) is 47.9 Å². The fourth-order valence-corrected chi connectivity index (χ4v) is 8.78. The Morgan fingerprint density at radius 1 is 1.03 bits per heavy atom. The minimum absolute atomic E-state index is 0.0387. The first kappa shape index (κ1) is 45.8. The minimum atomic E-state index is -1.27. The van der Waals surface area contributed by atoms with Crippen molar-refractivity contribution in [3.05, 3.63) is 48.0 Å². The predicted molar refractivity (Wildman–Crippen MR) is 225 cm³/mol. The van der Waals surface area contributed by atoms with Gasteiger partial charge in [-0.2, -0.15) is 0 Å². The molecule has 3 fully saturated rings. The lowest BCUT2D eigenvalue weighted by Crippen LogP contribution is -2.63. The average molecular weight is 840 g/mol. The first-order valence-corrected chi connectivity index (χ1v) is 22.6. The van der Waals surface area contributed by atoms with E-state index in [1.54, 1.807) is 22.5 Å². The minimum Gasteiger partial charge on any atom is -0.444 e. The molecular formula is C43H65N7O8S. The fraction of sp³-hybridized carbons (Fsp3) is 0.674. The highest BCUT2D eigenvalue weighted by Crippen LogP contribution is 2.41. The number of ether oxygens (including phenoxy) is 1. The molecule has 2 aliphatic carbocycles. The van der Waals surface area contributed by atoms with E-state index < -0.39 is 87.7 Å². The maximum atomic E-state index is 15.1. The molecule has 2 aliphatic heterocycles. The smallest absolute Gasteiger partial charge is 0.410 e. The number of likely N-dealkylation sites (N-methyl/N-ethyl adjacent to an activating group) is 1. The molecule has 0 spiro atoms. The van der Waals surface area contributed by atoms with Crippen LogP contribution in [0.15, 0.2) is 36.9 Å². The van der Waals surface area contributed by atoms with Gasteiger partial charge in [-0.3, -0.25) is 19.2 Å². The van der Waals surface area contributed by atoms with Gasteiger partial charge in [0.1, 0.15) is 18.2 Å². The molecule has 0 bridgehead atoms. The summed E-state index contributed by atoms with van der Waals surface area (Å²) >= 11 is 0. The lowest BCUT2D eigenvalue weighted by atomic mass is 9.70. The number of hydrogen-bond acceptors (Lipinski definition) is 8. The summed E-state index contributed by atoms with van der Waals surface area (Å²) in [7, 11) is 0.440. The number of hydrogen-bond donors (Lipinski definition) is 4. The van der Waals surface area contributed by atoms with Crippen LogP contribution in [0.1, 0.15) is 96.6 Å². The molecular weight excluding hydrogens is 775 g/mol. The Bertz CT molecular complexity index is 1760. The van der Waals surface area contributed by atoms with E-state index in [0.717, 1.165) is 37.7 Å². The number of Topliss-reactive ketones (excluding diaryl/α,β-unsaturated/α-hetero) is 1. The molecule has 16 heteroatoms. The molecule has 6 amide bonds. The zero-order chi connectivity index (χ0) is 43.1. The van der Waals surface area contributed by atoms with Crippen molar-refractivity contribution >= 4 is 46.6 Å². The topological polar surface area (TPSA) is 187 Å². The number of benzene rings is 1. The summed E-state index contributed by atoms with van der Waals surface area (Å²) in [5.74, 6) is -2.58. The molecule has 1 aromatic rings. The van der Waals surface area contributed by atoms with Crippen LogP contribution < -0.4 is 21.3 Å². The van der Waals surface area contributed by atoms with Crippen LogP contribution >= 0.6 is 0 Å². The van der Waals surface area contributed by atoms with Gasteiger partial charge in [-0.15, -0.1) is 6.58 Å². The maximum Gasteiger partial charge on any atom is 0.410 e. The van der Waals surface area contributed by atoms with E-state index in [4.69, 9.17) is 4.74 Å². The van der Waals surface area contributed by atoms with Crippen LogP contribution in [0.2, 0.25) is 0 Å². The van der Waals surface area contributed by atoms with Gasteiger partial charge in [0.15, 0.2) is 0 Å². The van der Waals surface area contributed by atoms with Crippen molar-refractivity contribution < 1.29 is 37.7 Å². The molecule has 15 nitrogen and oxygen atoms in total. The second-order valence-electron chi connectivity index (χ2n) is 18.2. The number of amides is 6. The Labute approximate surface area is 351 Å². The third-order valence-corrected chi connectivity index (χ3v) is 13.5. The number of fused-ring (bicyclic) bond motifs is 1. The quantitative estimate of drug-likeness (QED) is 0.144. The second kappa shape index (κ2) is 19.8. The van der Waals surface area contributed by atoms with Crippen molar-refractivity contribution in [1.29, 1.82) is 0 Å². The zero-order valence-corrected chi connectivity index (χ0v) is 36.5. The van der Waals surface area contributed by atoms with Gasteiger partial charge in [0, 0.05) is 44.9 Å². The molecule has 326 valence electrons. The number of likely N-dealkylation sites (tertiary alicyclic amines) is 1. The van der Waals surface area contributed by atoms with E-state index in [9.17, 15) is 28.2 Å². The summed E-state index contributed by atoms with van der Waals surface area (Å²) in [4.78, 5) is 86.4. The molecule has 0 aromatic heterocycles. The lowest BCUT2D eigenvalue weighted by molar-refractivity contribution is -0.144. The molecule has 6 atom stereocenters. The molecule has 2 heterocycles. The second-order valence-corrected chi connectivity index (χ2v) is 19.7. The first-order valence-electron chi connectivity index (χ1n) is 21.1. The van der Waals surface area contributed by atoms with E-state index >= 15 is 4.79 Å². The highest BCUT2D eigenvalue weighted by atomic mass is 32.2. The zero-order valence-electron chi connectivity index (χ0n) is 35.7. The molecule has 5 rings (SSSR count). The number of rotatable bonds is 16. The van der Waals surface area contributed by atoms with Crippen molar-refractivity contribution in [2.24, 2.45) is 16.7 Å². The van der Waals surface area contributed by atoms with Gasteiger partial charge < -0.3 is 35.8 Å². The highest BCUT2D eigenvalue weighted by Gasteiger charge is 2.50. The van der Waals surface area contributed by atoms with Crippen molar-refractivity contribution in [1.82, 2.24) is 35.4 Å². The summed E-state index contributed by atoms with van der Waals surface area (Å²) < 4.78 is 20.0. The van der Waals surface area contributed by atoms with E-state index in [1.165, 1.54) is 16.5 Å². The third-order valence-electron chi connectivity index (χ3n) is 12.5. The van der Waals surface area contributed by atoms with E-state index in [2.05, 4.69) is 27.8 Å². The monoisotopic (exact) mass is 839 g/mol. The Morgan fingerprint density at radius 2 is 1.71 bits per heavy atom. The normalized spacial score (nSPS) is 22.2. The predicted octanol–water partition coefficient (Wildman–Crippen LogP) is 3.59. The molecule has 2 saturated carbocycles. The van der Waals surface area contributed by atoms with Crippen LogP contribution in [-0.4, -0.2) is 124 Å². The average Bonchev–Trinajstić information content (AvgIpc) is 3.92. The number of carbonyl (C=O) groups excluding carboxylic acids is 6. The van der Waals surface area contributed by atoms with Crippen LogP contribution in [0.4, 0.5) is 9.59 Å². The summed E-state index contributed by atoms with van der Waals surface area (Å²) in [6, 6.07) is 3.56. The molecule has 1 saturated heterocycles. The van der Waals surface area contributed by atoms with Gasteiger partial charge in [0.05, 0.1) is 23.6 Å². The standard InChI is InChI=1S/C43H65N7O8S/c1-8-21-44-38(53)35(51)32(23-28-16-17-28)45-37(52)33-24-31(58-41(56)49-22-18-29-14-10-11-15-30(29)25-49)26-50(33)39(54)36(43(5)19-12-9-13-20-43)47-40(55)46-34(42(2,3)4)27-48(6)59(7)57/h8,10-11,14-15,28,31-34,36H,1,9,12-13,16-27H2,2-7H3,(H,44,53)(H,45,52)(H2,46,47,55)/t31-,32?,33+,34-,36-,59?/m1/s1. The molecule has 4 N–H and O–H groups in total. The van der Waals surface area contributed by atoms with Crippen molar-refractivity contribution in [3.8, 4) is 0 Å². The number of urea groups is 1. The Morgan fingerprint density at radius 3 is 2.34 bits per heavy atom. The SMILES string of the molecule is C=CCNC(=O)C(=O)C(CC1CC1)NC(=O)[C@@H]1C[C@@H](OC(=O)N2CCc3ccccc3C2)CN1C(=O)[C@@H](NC(=O)N[C@H](CN(C)S(C)=O)C(C)(C)C)C1(C)CCCCC1.